The summed E-state index contributed by atoms with van der Waals surface area (Å²) in [5, 5.41) is 4.53. The van der Waals surface area contributed by atoms with E-state index in [4.69, 9.17) is 25.6 Å². The summed E-state index contributed by atoms with van der Waals surface area (Å²) in [5.74, 6) is 1.96. The van der Waals surface area contributed by atoms with Crippen molar-refractivity contribution in [1.29, 1.82) is 0 Å². The molecule has 0 atom stereocenters. The maximum Gasteiger partial charge on any atom is 0.276 e. The Morgan fingerprint density at radius 3 is 2.70 bits per heavy atom. The summed E-state index contributed by atoms with van der Waals surface area (Å²) in [6.07, 6.45) is 2.33. The molecule has 0 spiro atoms. The number of hydrogen-bond donors (Lipinski definition) is 0. The van der Waals surface area contributed by atoms with E-state index in [0.717, 1.165) is 12.1 Å². The maximum atomic E-state index is 13.1. The summed E-state index contributed by atoms with van der Waals surface area (Å²) in [6.45, 7) is 1.41. The summed E-state index contributed by atoms with van der Waals surface area (Å²) in [5.41, 5.74) is 1.38. The van der Waals surface area contributed by atoms with Crippen molar-refractivity contribution in [3.05, 3.63) is 76.6 Å². The molecule has 7 heteroatoms. The molecule has 2 aromatic carbocycles. The molecule has 1 aliphatic rings. The van der Waals surface area contributed by atoms with Crippen LogP contribution in [0.2, 0.25) is 5.02 Å². The molecule has 6 nitrogen and oxygen atoms in total. The van der Waals surface area contributed by atoms with Crippen LogP contribution >= 0.6 is 11.6 Å². The Kier molecular flexibility index (Phi) is 6.23. The lowest BCUT2D eigenvalue weighted by molar-refractivity contribution is 0.0724. The largest absolute Gasteiger partial charge is 0.493 e. The minimum Gasteiger partial charge on any atom is -0.493 e. The zero-order chi connectivity index (χ0) is 20.9. The molecule has 30 heavy (non-hydrogen) atoms. The molecule has 1 aromatic heterocycles. The molecule has 1 aliphatic carbocycles. The smallest absolute Gasteiger partial charge is 0.276 e. The molecule has 1 fully saturated rings. The SMILES string of the molecule is COc1cc(Cl)ccc1OCc1cc(C(=O)N(Cc2ccccc2)CC2CC2)no1. The van der Waals surface area contributed by atoms with Crippen molar-refractivity contribution >= 4 is 17.5 Å². The molecule has 156 valence electrons. The Labute approximate surface area is 180 Å². The summed E-state index contributed by atoms with van der Waals surface area (Å²) in [6, 6.07) is 16.7. The summed E-state index contributed by atoms with van der Waals surface area (Å²) in [7, 11) is 1.55. The van der Waals surface area contributed by atoms with Gasteiger partial charge in [0.05, 0.1) is 7.11 Å². The van der Waals surface area contributed by atoms with E-state index in [1.54, 1.807) is 31.4 Å². The number of nitrogens with zero attached hydrogens (tertiary/aromatic N) is 2. The molecule has 3 aromatic rings. The fourth-order valence-electron chi connectivity index (χ4n) is 3.19. The quantitative estimate of drug-likeness (QED) is 0.483. The van der Waals surface area contributed by atoms with E-state index in [1.165, 1.54) is 12.8 Å². The number of carbonyl (C=O) groups is 1. The van der Waals surface area contributed by atoms with E-state index in [2.05, 4.69) is 5.16 Å². The van der Waals surface area contributed by atoms with Gasteiger partial charge in [0.1, 0.15) is 6.61 Å². The van der Waals surface area contributed by atoms with E-state index >= 15 is 0 Å². The molecule has 0 aliphatic heterocycles. The van der Waals surface area contributed by atoms with Gasteiger partial charge in [-0.3, -0.25) is 4.79 Å². The Morgan fingerprint density at radius 1 is 1.17 bits per heavy atom. The van der Waals surface area contributed by atoms with Gasteiger partial charge in [0, 0.05) is 30.2 Å². The average Bonchev–Trinajstić information content (AvgIpc) is 3.46. The molecule has 0 bridgehead atoms. The zero-order valence-electron chi connectivity index (χ0n) is 16.7. The molecule has 0 unspecified atom stereocenters. The predicted octanol–water partition coefficient (Wildman–Crippen LogP) is 4.97. The highest BCUT2D eigenvalue weighted by molar-refractivity contribution is 6.30. The Hall–Kier alpha value is -2.99. The van der Waals surface area contributed by atoms with Crippen molar-refractivity contribution in [2.75, 3.05) is 13.7 Å². The summed E-state index contributed by atoms with van der Waals surface area (Å²) in [4.78, 5) is 14.9. The van der Waals surface area contributed by atoms with E-state index in [1.807, 2.05) is 35.2 Å². The molecular formula is C23H23ClN2O4. The minimum absolute atomic E-state index is 0.125. The lowest BCUT2D eigenvalue weighted by atomic mass is 10.2. The van der Waals surface area contributed by atoms with Crippen molar-refractivity contribution in [1.82, 2.24) is 10.1 Å². The monoisotopic (exact) mass is 426 g/mol. The van der Waals surface area contributed by atoms with Crippen LogP contribution in [-0.4, -0.2) is 29.6 Å². The van der Waals surface area contributed by atoms with Crippen LogP contribution in [-0.2, 0) is 13.2 Å². The van der Waals surface area contributed by atoms with Crippen LogP contribution in [0, 0.1) is 5.92 Å². The third-order valence-corrected chi connectivity index (χ3v) is 5.19. The van der Waals surface area contributed by atoms with Crippen molar-refractivity contribution in [2.24, 2.45) is 5.92 Å². The van der Waals surface area contributed by atoms with Crippen molar-refractivity contribution in [3.63, 3.8) is 0 Å². The van der Waals surface area contributed by atoms with Gasteiger partial charge in [-0.15, -0.1) is 0 Å². The van der Waals surface area contributed by atoms with Gasteiger partial charge in [-0.25, -0.2) is 0 Å². The number of rotatable bonds is 9. The summed E-state index contributed by atoms with van der Waals surface area (Å²) < 4.78 is 16.4. The van der Waals surface area contributed by atoms with Crippen LogP contribution in [0.4, 0.5) is 0 Å². The topological polar surface area (TPSA) is 64.8 Å². The van der Waals surface area contributed by atoms with Gasteiger partial charge in [-0.2, -0.15) is 0 Å². The first kappa shape index (κ1) is 20.3. The highest BCUT2D eigenvalue weighted by atomic mass is 35.5. The van der Waals surface area contributed by atoms with Gasteiger partial charge in [-0.05, 0) is 36.5 Å². The summed E-state index contributed by atoms with van der Waals surface area (Å²) >= 11 is 5.97. The van der Waals surface area contributed by atoms with Crippen LogP contribution in [0.1, 0.15) is 34.7 Å². The van der Waals surface area contributed by atoms with Gasteiger partial charge in [0.15, 0.2) is 23.0 Å². The number of hydrogen-bond acceptors (Lipinski definition) is 5. The van der Waals surface area contributed by atoms with Gasteiger partial charge < -0.3 is 18.9 Å². The fraction of sp³-hybridized carbons (Fsp3) is 0.304. The minimum atomic E-state index is -0.134. The first-order valence-electron chi connectivity index (χ1n) is 9.87. The first-order valence-corrected chi connectivity index (χ1v) is 10.3. The number of amides is 1. The number of carbonyl (C=O) groups excluding carboxylic acids is 1. The van der Waals surface area contributed by atoms with Crippen molar-refractivity contribution in [3.8, 4) is 11.5 Å². The molecule has 0 saturated heterocycles. The lowest BCUT2D eigenvalue weighted by Gasteiger charge is -2.21. The van der Waals surface area contributed by atoms with E-state index in [-0.39, 0.29) is 18.2 Å². The molecule has 4 rings (SSSR count). The van der Waals surface area contributed by atoms with Gasteiger partial charge in [0.25, 0.3) is 5.91 Å². The molecule has 1 saturated carbocycles. The number of halogens is 1. The first-order chi connectivity index (χ1) is 14.6. The Balaban J connectivity index is 1.43. The van der Waals surface area contributed by atoms with Gasteiger partial charge >= 0.3 is 0 Å². The molecule has 0 radical (unpaired) electrons. The van der Waals surface area contributed by atoms with Crippen molar-refractivity contribution < 1.29 is 18.8 Å². The molecule has 0 N–H and O–H groups in total. The number of methoxy groups -OCH3 is 1. The Morgan fingerprint density at radius 2 is 1.97 bits per heavy atom. The second-order valence-corrected chi connectivity index (χ2v) is 7.81. The number of aromatic nitrogens is 1. The standard InChI is InChI=1S/C23H23ClN2O4/c1-28-22-11-18(24)9-10-21(22)29-15-19-12-20(25-30-19)23(27)26(14-17-7-8-17)13-16-5-3-2-4-6-16/h2-6,9-12,17H,7-8,13-15H2,1H3. The van der Waals surface area contributed by atoms with E-state index in [0.29, 0.717) is 34.7 Å². The third-order valence-electron chi connectivity index (χ3n) is 4.95. The third kappa shape index (κ3) is 5.13. The maximum absolute atomic E-state index is 13.1. The van der Waals surface area contributed by atoms with Crippen LogP contribution in [0.15, 0.2) is 59.1 Å². The average molecular weight is 427 g/mol. The normalized spacial score (nSPS) is 13.1. The molecular weight excluding hydrogens is 404 g/mol. The number of benzene rings is 2. The lowest BCUT2D eigenvalue weighted by Crippen LogP contribution is -2.32. The van der Waals surface area contributed by atoms with Gasteiger partial charge in [-0.1, -0.05) is 47.1 Å². The number of ether oxygens (including phenoxy) is 2. The highest BCUT2D eigenvalue weighted by Gasteiger charge is 2.28. The second kappa shape index (κ2) is 9.22. The van der Waals surface area contributed by atoms with Crippen LogP contribution in [0.3, 0.4) is 0 Å². The second-order valence-electron chi connectivity index (χ2n) is 7.38. The predicted molar refractivity (Wildman–Crippen MR) is 113 cm³/mol. The van der Waals surface area contributed by atoms with Crippen LogP contribution in [0.25, 0.3) is 0 Å². The molecule has 1 heterocycles. The van der Waals surface area contributed by atoms with E-state index in [9.17, 15) is 4.79 Å². The zero-order valence-corrected chi connectivity index (χ0v) is 17.5. The Bertz CT molecular complexity index is 1000. The van der Waals surface area contributed by atoms with Crippen LogP contribution in [0.5, 0.6) is 11.5 Å². The van der Waals surface area contributed by atoms with Gasteiger partial charge in [0.2, 0.25) is 0 Å². The van der Waals surface area contributed by atoms with Crippen LogP contribution < -0.4 is 9.47 Å². The fourth-order valence-corrected chi connectivity index (χ4v) is 3.35. The highest BCUT2D eigenvalue weighted by Crippen LogP contribution is 2.32. The van der Waals surface area contributed by atoms with Crippen molar-refractivity contribution in [2.45, 2.75) is 26.0 Å². The van der Waals surface area contributed by atoms with E-state index < -0.39 is 0 Å². The molecule has 1 amide bonds.